The van der Waals surface area contributed by atoms with E-state index in [0.717, 1.165) is 35.1 Å². The second-order valence-corrected chi connectivity index (χ2v) is 11.3. The summed E-state index contributed by atoms with van der Waals surface area (Å²) in [6, 6.07) is 2.26. The minimum Gasteiger partial charge on any atom is -0.300 e. The number of aliphatic imine (C=N–C) groups is 1. The van der Waals surface area contributed by atoms with E-state index in [0.29, 0.717) is 11.4 Å². The molecule has 4 unspecified atom stereocenters. The van der Waals surface area contributed by atoms with Crippen LogP contribution in [0.15, 0.2) is 4.99 Å². The van der Waals surface area contributed by atoms with Gasteiger partial charge in [-0.25, -0.2) is 0 Å². The maximum absolute atomic E-state index is 6.42. The summed E-state index contributed by atoms with van der Waals surface area (Å²) in [5.74, 6) is 2.52. The van der Waals surface area contributed by atoms with E-state index in [1.807, 2.05) is 0 Å². The van der Waals surface area contributed by atoms with Gasteiger partial charge >= 0.3 is 0 Å². The highest BCUT2D eigenvalue weighted by Crippen LogP contribution is 2.52. The number of fused-ring (bicyclic) bond motifs is 3. The molecule has 3 aliphatic heterocycles. The Morgan fingerprint density at radius 3 is 2.60 bits per heavy atom. The molecule has 0 aromatic carbocycles. The molecule has 3 heterocycles. The van der Waals surface area contributed by atoms with Gasteiger partial charge in [0.05, 0.1) is 11.1 Å². The number of piperidine rings is 1. The van der Waals surface area contributed by atoms with Crippen LogP contribution in [0.2, 0.25) is 0 Å². The summed E-state index contributed by atoms with van der Waals surface area (Å²) in [5, 5.41) is 2.83. The third-order valence-corrected chi connectivity index (χ3v) is 10.0. The van der Waals surface area contributed by atoms with Gasteiger partial charge in [-0.2, -0.15) is 0 Å². The quantitative estimate of drug-likeness (QED) is 0.601. The Kier molecular flexibility index (Phi) is 4.88. The third kappa shape index (κ3) is 3.10. The van der Waals surface area contributed by atoms with Crippen LogP contribution in [-0.4, -0.2) is 45.7 Å². The molecule has 0 radical (unpaired) electrons. The van der Waals surface area contributed by atoms with Gasteiger partial charge in [-0.3, -0.25) is 9.89 Å². The molecule has 0 aromatic heterocycles. The van der Waals surface area contributed by atoms with E-state index in [1.54, 1.807) is 5.04 Å². The number of alkyl halides is 1. The second-order valence-electron chi connectivity index (χ2n) is 9.38. The van der Waals surface area contributed by atoms with E-state index in [-0.39, 0.29) is 0 Å². The molecule has 2 nitrogen and oxygen atoms in total. The van der Waals surface area contributed by atoms with Crippen molar-refractivity contribution in [2.24, 2.45) is 22.7 Å². The van der Waals surface area contributed by atoms with Crippen LogP contribution in [0.4, 0.5) is 0 Å². The van der Waals surface area contributed by atoms with Crippen LogP contribution in [0.1, 0.15) is 70.6 Å². The third-order valence-electron chi connectivity index (χ3n) is 8.14. The van der Waals surface area contributed by atoms with Crippen molar-refractivity contribution >= 4 is 28.4 Å². The smallest absolute Gasteiger partial charge is 0.0732 e. The fraction of sp³-hybridized carbons (Fsp3) is 0.952. The zero-order chi connectivity index (χ0) is 17.0. The van der Waals surface area contributed by atoms with Crippen molar-refractivity contribution in [3.63, 3.8) is 0 Å². The van der Waals surface area contributed by atoms with Crippen molar-refractivity contribution in [3.05, 3.63) is 0 Å². The zero-order valence-corrected chi connectivity index (χ0v) is 17.2. The van der Waals surface area contributed by atoms with Gasteiger partial charge < -0.3 is 0 Å². The molecular weight excluding hydrogens is 348 g/mol. The average Bonchev–Trinajstić information content (AvgIpc) is 3.14. The number of thioether (sulfide) groups is 1. The first-order valence-electron chi connectivity index (χ1n) is 10.8. The predicted molar refractivity (Wildman–Crippen MR) is 109 cm³/mol. The van der Waals surface area contributed by atoms with E-state index in [1.165, 1.54) is 70.6 Å². The summed E-state index contributed by atoms with van der Waals surface area (Å²) in [6.45, 7) is 0. The molecule has 5 rings (SSSR count). The zero-order valence-electron chi connectivity index (χ0n) is 15.6. The molecule has 2 aliphatic carbocycles. The van der Waals surface area contributed by atoms with Gasteiger partial charge in [0, 0.05) is 28.6 Å². The largest absolute Gasteiger partial charge is 0.300 e. The van der Waals surface area contributed by atoms with Crippen LogP contribution in [0.5, 0.6) is 0 Å². The molecule has 4 heteroatoms. The summed E-state index contributed by atoms with van der Waals surface area (Å²) >= 11 is 8.63. The molecule has 0 amide bonds. The maximum Gasteiger partial charge on any atom is 0.0732 e. The summed E-state index contributed by atoms with van der Waals surface area (Å²) in [7, 11) is 2.40. The van der Waals surface area contributed by atoms with Gasteiger partial charge in [0.1, 0.15) is 0 Å². The molecule has 2 bridgehead atoms. The van der Waals surface area contributed by atoms with E-state index in [9.17, 15) is 0 Å². The molecule has 4 fully saturated rings. The fourth-order valence-electron chi connectivity index (χ4n) is 6.72. The lowest BCUT2D eigenvalue weighted by molar-refractivity contribution is 0.0593. The summed E-state index contributed by atoms with van der Waals surface area (Å²) in [6.07, 6.45) is 15.0. The normalized spacial score (nSPS) is 50.6. The van der Waals surface area contributed by atoms with Crippen molar-refractivity contribution in [1.29, 1.82) is 0 Å². The molecule has 25 heavy (non-hydrogen) atoms. The number of rotatable bonds is 2. The summed E-state index contributed by atoms with van der Waals surface area (Å²) in [5.41, 5.74) is 0. The minimum absolute atomic E-state index is 0.443. The number of nitrogens with zero attached hydrogens (tertiary/aromatic N) is 2. The van der Waals surface area contributed by atoms with Gasteiger partial charge in [-0.05, 0) is 76.7 Å². The molecule has 140 valence electrons. The van der Waals surface area contributed by atoms with Gasteiger partial charge in [-0.1, -0.05) is 12.8 Å². The van der Waals surface area contributed by atoms with E-state index >= 15 is 0 Å². The lowest BCUT2D eigenvalue weighted by Gasteiger charge is -2.47. The van der Waals surface area contributed by atoms with Crippen LogP contribution in [0, 0.1) is 17.8 Å². The van der Waals surface area contributed by atoms with Crippen LogP contribution in [0.25, 0.3) is 0 Å². The van der Waals surface area contributed by atoms with Crippen molar-refractivity contribution in [3.8, 4) is 0 Å². The molecule has 0 spiro atoms. The molecule has 0 N–H and O–H groups in total. The first-order chi connectivity index (χ1) is 12.2. The molecule has 2 saturated heterocycles. The Balaban J connectivity index is 1.41. The average molecular weight is 381 g/mol. The maximum atomic E-state index is 6.42. The van der Waals surface area contributed by atoms with Gasteiger partial charge in [0.15, 0.2) is 0 Å². The Morgan fingerprint density at radius 1 is 1.00 bits per heavy atom. The lowest BCUT2D eigenvalue weighted by atomic mass is 9.68. The Hall–Kier alpha value is 0.270. The first kappa shape index (κ1) is 17.4. The Labute approximate surface area is 162 Å². The second kappa shape index (κ2) is 7.02. The highest BCUT2D eigenvalue weighted by atomic mass is 35.5. The van der Waals surface area contributed by atoms with Crippen molar-refractivity contribution < 1.29 is 0 Å². The first-order valence-corrected chi connectivity index (χ1v) is 12.1. The van der Waals surface area contributed by atoms with Crippen molar-refractivity contribution in [2.75, 3.05) is 7.05 Å². The van der Waals surface area contributed by atoms with Crippen LogP contribution < -0.4 is 0 Å². The molecule has 2 saturated carbocycles. The molecular formula is C21H33ClN2S. The van der Waals surface area contributed by atoms with Gasteiger partial charge in [0.2, 0.25) is 0 Å². The molecule has 5 aliphatic rings. The Morgan fingerprint density at radius 2 is 1.80 bits per heavy atom. The van der Waals surface area contributed by atoms with Gasteiger partial charge in [0.25, 0.3) is 0 Å². The van der Waals surface area contributed by atoms with E-state index in [4.69, 9.17) is 16.6 Å². The Bertz CT molecular complexity index is 530. The van der Waals surface area contributed by atoms with Gasteiger partial charge in [-0.15, -0.1) is 23.4 Å². The van der Waals surface area contributed by atoms with Crippen LogP contribution >= 0.6 is 23.4 Å². The SMILES string of the molecule is CN1C2CC[C@@H]1C[C@H](C1CCC(Cl)CC1)C2C1=NC2CCCCC2S1. The highest BCUT2D eigenvalue weighted by molar-refractivity contribution is 8.14. The van der Waals surface area contributed by atoms with Crippen LogP contribution in [-0.2, 0) is 0 Å². The van der Waals surface area contributed by atoms with E-state index < -0.39 is 0 Å². The van der Waals surface area contributed by atoms with Crippen molar-refractivity contribution in [1.82, 2.24) is 4.90 Å². The number of hydrogen-bond acceptors (Lipinski definition) is 3. The number of hydrogen-bond donors (Lipinski definition) is 0. The monoisotopic (exact) mass is 380 g/mol. The van der Waals surface area contributed by atoms with Crippen molar-refractivity contribution in [2.45, 2.75) is 99.4 Å². The molecule has 0 aromatic rings. The standard InChI is InChI=1S/C21H33ClN2S/c1-24-15-10-11-18(24)20(16(12-15)13-6-8-14(22)9-7-13)21-23-17-4-2-3-5-19(17)25-21/h13-20H,2-12H2,1H3/t13?,14?,15-,16-,17?,18?,19?,20?/m1/s1. The molecule has 6 atom stereocenters. The summed E-state index contributed by atoms with van der Waals surface area (Å²) in [4.78, 5) is 8.11. The minimum atomic E-state index is 0.443. The predicted octanol–water partition coefficient (Wildman–Crippen LogP) is 5.34. The van der Waals surface area contributed by atoms with E-state index in [2.05, 4.69) is 23.7 Å². The number of halogens is 1. The fourth-order valence-corrected chi connectivity index (χ4v) is 8.61. The summed E-state index contributed by atoms with van der Waals surface area (Å²) < 4.78 is 0. The topological polar surface area (TPSA) is 15.6 Å². The lowest BCUT2D eigenvalue weighted by Crippen LogP contribution is -2.51. The van der Waals surface area contributed by atoms with Crippen LogP contribution in [0.3, 0.4) is 0 Å². The highest BCUT2D eigenvalue weighted by Gasteiger charge is 2.51.